The monoisotopic (exact) mass is 398 g/mol. The van der Waals surface area contributed by atoms with Crippen molar-refractivity contribution in [2.75, 3.05) is 16.8 Å². The first-order chi connectivity index (χ1) is 11.8. The van der Waals surface area contributed by atoms with Gasteiger partial charge >= 0.3 is 0 Å². The van der Waals surface area contributed by atoms with Gasteiger partial charge in [-0.3, -0.25) is 0 Å². The number of thiocarbonyl (C=S) groups is 1. The van der Waals surface area contributed by atoms with Crippen LogP contribution in [0.15, 0.2) is 35.7 Å². The van der Waals surface area contributed by atoms with Gasteiger partial charge in [0.25, 0.3) is 0 Å². The Kier molecular flexibility index (Phi) is 5.41. The van der Waals surface area contributed by atoms with Gasteiger partial charge in [0.15, 0.2) is 14.9 Å². The molecule has 1 saturated heterocycles. The zero-order valence-electron chi connectivity index (χ0n) is 13.7. The number of anilines is 1. The van der Waals surface area contributed by atoms with Crippen molar-refractivity contribution in [3.63, 3.8) is 0 Å². The van der Waals surface area contributed by atoms with Gasteiger partial charge in [0, 0.05) is 16.6 Å². The Balaban J connectivity index is 1.80. The molecule has 1 atom stereocenters. The first-order valence-corrected chi connectivity index (χ1v) is 11.0. The molecule has 4 nitrogen and oxygen atoms in total. The number of benzene rings is 1. The van der Waals surface area contributed by atoms with Crippen LogP contribution in [0.4, 0.5) is 10.1 Å². The molecule has 1 N–H and O–H groups in total. The quantitative estimate of drug-likeness (QED) is 0.798. The third-order valence-electron chi connectivity index (χ3n) is 4.24. The first-order valence-electron chi connectivity index (χ1n) is 7.91. The lowest BCUT2D eigenvalue weighted by molar-refractivity contribution is 0.335. The van der Waals surface area contributed by atoms with Crippen LogP contribution >= 0.6 is 23.6 Å². The maximum atomic E-state index is 13.8. The fourth-order valence-corrected chi connectivity index (χ4v) is 5.59. The summed E-state index contributed by atoms with van der Waals surface area (Å²) in [5, 5.41) is 5.45. The minimum Gasteiger partial charge on any atom is -0.340 e. The van der Waals surface area contributed by atoms with Gasteiger partial charge in [-0.1, -0.05) is 12.1 Å². The Bertz CT molecular complexity index is 866. The summed E-state index contributed by atoms with van der Waals surface area (Å²) in [5.74, 6) is -0.0240. The van der Waals surface area contributed by atoms with Crippen molar-refractivity contribution in [3.05, 3.63) is 52.0 Å². The molecule has 0 amide bonds. The average molecular weight is 399 g/mol. The molecule has 0 saturated carbocycles. The lowest BCUT2D eigenvalue weighted by Gasteiger charge is -2.30. The Hall–Kier alpha value is -1.51. The Morgan fingerprint density at radius 3 is 2.84 bits per heavy atom. The van der Waals surface area contributed by atoms with E-state index in [4.69, 9.17) is 12.2 Å². The highest BCUT2D eigenvalue weighted by Crippen LogP contribution is 2.23. The molecule has 0 bridgehead atoms. The van der Waals surface area contributed by atoms with Crippen molar-refractivity contribution in [3.8, 4) is 0 Å². The molecule has 1 aromatic heterocycles. The van der Waals surface area contributed by atoms with E-state index in [0.29, 0.717) is 29.3 Å². The highest BCUT2D eigenvalue weighted by molar-refractivity contribution is 7.91. The van der Waals surface area contributed by atoms with Crippen molar-refractivity contribution in [1.29, 1.82) is 0 Å². The molecular weight excluding hydrogens is 379 g/mol. The third kappa shape index (κ3) is 4.56. The predicted octanol–water partition coefficient (Wildman–Crippen LogP) is 3.58. The molecule has 25 heavy (non-hydrogen) atoms. The lowest BCUT2D eigenvalue weighted by atomic mass is 10.2. The third-order valence-corrected chi connectivity index (χ3v) is 7.19. The summed E-state index contributed by atoms with van der Waals surface area (Å²) in [5.41, 5.74) is 1.12. The van der Waals surface area contributed by atoms with E-state index in [0.717, 1.165) is 4.88 Å². The molecule has 0 aliphatic carbocycles. The van der Waals surface area contributed by atoms with Crippen LogP contribution < -0.4 is 5.32 Å². The van der Waals surface area contributed by atoms with Crippen LogP contribution in [-0.4, -0.2) is 36.0 Å². The summed E-state index contributed by atoms with van der Waals surface area (Å²) in [6, 6.07) is 8.63. The highest BCUT2D eigenvalue weighted by Gasteiger charge is 2.33. The molecule has 2 aromatic rings. The van der Waals surface area contributed by atoms with Crippen LogP contribution in [-0.2, 0) is 16.4 Å². The molecule has 1 aliphatic rings. The molecule has 134 valence electrons. The molecule has 0 spiro atoms. The summed E-state index contributed by atoms with van der Waals surface area (Å²) in [6.45, 7) is 2.24. The molecule has 0 unspecified atom stereocenters. The first kappa shape index (κ1) is 18.3. The van der Waals surface area contributed by atoms with Crippen molar-refractivity contribution >= 4 is 44.2 Å². The zero-order valence-corrected chi connectivity index (χ0v) is 16.2. The summed E-state index contributed by atoms with van der Waals surface area (Å²) in [6.07, 6.45) is 0.553. The molecule has 1 aliphatic heterocycles. The van der Waals surface area contributed by atoms with Gasteiger partial charge in [0.05, 0.1) is 18.1 Å². The number of hydrogen-bond donors (Lipinski definition) is 1. The van der Waals surface area contributed by atoms with Gasteiger partial charge < -0.3 is 10.2 Å². The van der Waals surface area contributed by atoms with Crippen molar-refractivity contribution < 1.29 is 12.8 Å². The minimum atomic E-state index is -3.02. The second-order valence-corrected chi connectivity index (χ2v) is 9.81. The number of nitrogens with zero attached hydrogens (tertiary/aromatic N) is 1. The number of hydrogen-bond acceptors (Lipinski definition) is 4. The predicted molar refractivity (Wildman–Crippen MR) is 104 cm³/mol. The van der Waals surface area contributed by atoms with Crippen LogP contribution in [0.25, 0.3) is 0 Å². The number of rotatable bonds is 4. The van der Waals surface area contributed by atoms with Crippen LogP contribution in [0.5, 0.6) is 0 Å². The van der Waals surface area contributed by atoms with Crippen LogP contribution in [0.3, 0.4) is 0 Å². The number of nitrogens with one attached hydrogen (secondary N) is 1. The smallest absolute Gasteiger partial charge is 0.174 e. The second kappa shape index (κ2) is 7.39. The Labute approximate surface area is 156 Å². The van der Waals surface area contributed by atoms with Crippen molar-refractivity contribution in [1.82, 2.24) is 4.90 Å². The molecule has 0 radical (unpaired) electrons. The highest BCUT2D eigenvalue weighted by atomic mass is 32.2. The van der Waals surface area contributed by atoms with Crippen molar-refractivity contribution in [2.45, 2.75) is 25.9 Å². The van der Waals surface area contributed by atoms with E-state index in [1.165, 1.54) is 6.07 Å². The largest absolute Gasteiger partial charge is 0.340 e. The summed E-state index contributed by atoms with van der Waals surface area (Å²) >= 11 is 7.12. The number of thiophene rings is 1. The van der Waals surface area contributed by atoms with Gasteiger partial charge in [-0.25, -0.2) is 12.8 Å². The normalized spacial score (nSPS) is 18.9. The molecular formula is C17H19FN2O2S3. The SMILES string of the molecule is Cc1ccc(NC(=S)N(Cc2cccs2)[C@@H]2CCS(=O)(=O)C2)cc1F. The number of aryl methyl sites for hydroxylation is 1. The zero-order chi connectivity index (χ0) is 18.0. The van der Waals surface area contributed by atoms with E-state index in [9.17, 15) is 12.8 Å². The van der Waals surface area contributed by atoms with Crippen molar-refractivity contribution in [2.24, 2.45) is 0 Å². The van der Waals surface area contributed by atoms with E-state index >= 15 is 0 Å². The van der Waals surface area contributed by atoms with Gasteiger partial charge in [0.2, 0.25) is 0 Å². The van der Waals surface area contributed by atoms with E-state index in [-0.39, 0.29) is 23.4 Å². The van der Waals surface area contributed by atoms with Gasteiger partial charge in [-0.15, -0.1) is 11.3 Å². The van der Waals surface area contributed by atoms with E-state index < -0.39 is 9.84 Å². The maximum Gasteiger partial charge on any atom is 0.174 e. The topological polar surface area (TPSA) is 49.4 Å². The van der Waals surface area contributed by atoms with Crippen LogP contribution in [0.1, 0.15) is 16.9 Å². The fourth-order valence-electron chi connectivity index (χ4n) is 2.82. The molecule has 1 fully saturated rings. The summed E-state index contributed by atoms with van der Waals surface area (Å²) < 4.78 is 37.5. The maximum absolute atomic E-state index is 13.8. The van der Waals surface area contributed by atoms with Gasteiger partial charge in [-0.2, -0.15) is 0 Å². The van der Waals surface area contributed by atoms with E-state index in [1.807, 2.05) is 22.4 Å². The number of halogens is 1. The fraction of sp³-hybridized carbons (Fsp3) is 0.353. The van der Waals surface area contributed by atoms with Crippen LogP contribution in [0.2, 0.25) is 0 Å². The second-order valence-electron chi connectivity index (χ2n) is 6.16. The van der Waals surface area contributed by atoms with Gasteiger partial charge in [0.1, 0.15) is 5.82 Å². The minimum absolute atomic E-state index is 0.0997. The molecule has 3 rings (SSSR count). The molecule has 2 heterocycles. The summed E-state index contributed by atoms with van der Waals surface area (Å²) in [4.78, 5) is 3.01. The number of sulfone groups is 1. The average Bonchev–Trinajstić information content (AvgIpc) is 3.17. The van der Waals surface area contributed by atoms with E-state index in [1.54, 1.807) is 30.4 Å². The summed E-state index contributed by atoms with van der Waals surface area (Å²) in [7, 11) is -3.02. The Morgan fingerprint density at radius 1 is 1.44 bits per heavy atom. The van der Waals surface area contributed by atoms with Gasteiger partial charge in [-0.05, 0) is 54.7 Å². The van der Waals surface area contributed by atoms with Crippen LogP contribution in [0, 0.1) is 12.7 Å². The standard InChI is InChI=1S/C17H19FN2O2S3/c1-12-4-5-13(9-16(12)18)19-17(23)20(10-15-3-2-7-24-15)14-6-8-25(21,22)11-14/h2-5,7,9,14H,6,8,10-11H2,1H3,(H,19,23)/t14-/m1/s1. The Morgan fingerprint density at radius 2 is 2.24 bits per heavy atom. The molecule has 8 heteroatoms. The molecule has 1 aromatic carbocycles. The van der Waals surface area contributed by atoms with E-state index in [2.05, 4.69) is 5.32 Å². The lowest BCUT2D eigenvalue weighted by Crippen LogP contribution is -2.42.